The SMILES string of the molecule is N[C@@H]1c2ccccc2OC12CCN(c1ncc(Sc3cccc(-c4ncco4)c3Cl)nc1C(=O)C1CC1)CC2. The monoisotopic (exact) mass is 559 g/mol. The Kier molecular flexibility index (Phi) is 6.10. The number of carbonyl (C=O) groups excluding carboxylic acids is 1. The lowest BCUT2D eigenvalue weighted by molar-refractivity contribution is 0.0430. The second-order valence-electron chi connectivity index (χ2n) is 10.2. The minimum Gasteiger partial charge on any atom is -0.485 e. The van der Waals surface area contributed by atoms with Crippen LogP contribution >= 0.6 is 23.4 Å². The van der Waals surface area contributed by atoms with Gasteiger partial charge in [0.15, 0.2) is 17.3 Å². The van der Waals surface area contributed by atoms with E-state index in [9.17, 15) is 4.79 Å². The molecule has 2 aromatic carbocycles. The number of rotatable bonds is 6. The van der Waals surface area contributed by atoms with Crippen LogP contribution < -0.4 is 15.4 Å². The zero-order valence-electron chi connectivity index (χ0n) is 21.0. The standard InChI is InChI=1S/C29H26ClN5O3S/c30-23-19(28-32-12-15-37-28)5-3-7-21(23)39-22-16-33-27(24(34-22)25(36)17-8-9-17)35-13-10-29(11-14-35)26(31)18-4-1-2-6-20(18)38-29/h1-7,12,15-17,26H,8-11,13-14,31H2/t26-/m1/s1. The van der Waals surface area contributed by atoms with Crippen molar-refractivity contribution in [2.45, 2.75) is 47.2 Å². The molecule has 1 spiro atoms. The van der Waals surface area contributed by atoms with E-state index >= 15 is 0 Å². The van der Waals surface area contributed by atoms with E-state index in [1.165, 1.54) is 18.0 Å². The largest absolute Gasteiger partial charge is 0.485 e. The fraction of sp³-hybridized carbons (Fsp3) is 0.310. The van der Waals surface area contributed by atoms with E-state index in [4.69, 9.17) is 36.5 Å². The van der Waals surface area contributed by atoms with Crippen molar-refractivity contribution >= 4 is 35.0 Å². The summed E-state index contributed by atoms with van der Waals surface area (Å²) in [5, 5.41) is 1.13. The summed E-state index contributed by atoms with van der Waals surface area (Å²) in [7, 11) is 0. The number of ether oxygens (including phenoxy) is 1. The average Bonchev–Trinajstić information content (AvgIpc) is 3.60. The highest BCUT2D eigenvalue weighted by Crippen LogP contribution is 2.48. The maximum Gasteiger partial charge on any atom is 0.227 e. The molecule has 3 aliphatic rings. The van der Waals surface area contributed by atoms with Gasteiger partial charge in [0.1, 0.15) is 22.6 Å². The van der Waals surface area contributed by atoms with Crippen molar-refractivity contribution in [1.29, 1.82) is 0 Å². The molecule has 2 aliphatic heterocycles. The van der Waals surface area contributed by atoms with E-state index in [-0.39, 0.29) is 17.7 Å². The summed E-state index contributed by atoms with van der Waals surface area (Å²) < 4.78 is 11.8. The van der Waals surface area contributed by atoms with E-state index < -0.39 is 5.60 Å². The van der Waals surface area contributed by atoms with Crippen LogP contribution in [0.4, 0.5) is 5.82 Å². The Morgan fingerprint density at radius 3 is 2.67 bits per heavy atom. The van der Waals surface area contributed by atoms with Crippen molar-refractivity contribution in [3.63, 3.8) is 0 Å². The molecule has 1 aliphatic carbocycles. The van der Waals surface area contributed by atoms with Gasteiger partial charge < -0.3 is 19.8 Å². The van der Waals surface area contributed by atoms with E-state index in [0.717, 1.165) is 41.9 Å². The first kappa shape index (κ1) is 24.6. The highest BCUT2D eigenvalue weighted by Gasteiger charge is 2.49. The van der Waals surface area contributed by atoms with E-state index in [2.05, 4.69) is 9.88 Å². The number of hydrogen-bond acceptors (Lipinski definition) is 9. The number of carbonyl (C=O) groups is 1. The van der Waals surface area contributed by atoms with Crippen molar-refractivity contribution in [3.05, 3.63) is 77.4 Å². The van der Waals surface area contributed by atoms with E-state index in [1.807, 2.05) is 42.5 Å². The van der Waals surface area contributed by atoms with Gasteiger partial charge in [-0.05, 0) is 31.0 Å². The molecule has 39 heavy (non-hydrogen) atoms. The number of Topliss-reactive ketones (excluding diaryl/α,β-unsaturated/α-hetero) is 1. The molecule has 198 valence electrons. The first-order chi connectivity index (χ1) is 19.0. The number of benzene rings is 2. The van der Waals surface area contributed by atoms with Crippen LogP contribution in [0.15, 0.2) is 75.5 Å². The zero-order chi connectivity index (χ0) is 26.6. The predicted octanol–water partition coefficient (Wildman–Crippen LogP) is 5.96. The van der Waals surface area contributed by atoms with Crippen molar-refractivity contribution < 1.29 is 13.9 Å². The molecule has 1 saturated heterocycles. The third kappa shape index (κ3) is 4.38. The third-order valence-electron chi connectivity index (χ3n) is 7.80. The minimum absolute atomic E-state index is 0.0208. The van der Waals surface area contributed by atoms with Gasteiger partial charge in [-0.15, -0.1) is 0 Å². The molecule has 0 bridgehead atoms. The first-order valence-electron chi connectivity index (χ1n) is 13.1. The van der Waals surface area contributed by atoms with E-state index in [1.54, 1.807) is 12.4 Å². The van der Waals surface area contributed by atoms with Crippen LogP contribution in [-0.2, 0) is 0 Å². The molecular weight excluding hydrogens is 534 g/mol. The van der Waals surface area contributed by atoms with Crippen LogP contribution in [0.5, 0.6) is 5.75 Å². The number of ketones is 1. The highest BCUT2D eigenvalue weighted by molar-refractivity contribution is 7.99. The van der Waals surface area contributed by atoms with Crippen molar-refractivity contribution in [2.75, 3.05) is 18.0 Å². The van der Waals surface area contributed by atoms with Gasteiger partial charge in [-0.2, -0.15) is 0 Å². The second kappa shape index (κ2) is 9.66. The molecule has 4 heterocycles. The Hall–Kier alpha value is -3.40. The Labute approximate surface area is 234 Å². The molecule has 0 radical (unpaired) electrons. The van der Waals surface area contributed by atoms with Crippen LogP contribution in [0.2, 0.25) is 5.02 Å². The topological polar surface area (TPSA) is 107 Å². The number of para-hydroxylation sites is 1. The van der Waals surface area contributed by atoms with Crippen LogP contribution in [0.3, 0.4) is 0 Å². The number of anilines is 1. The lowest BCUT2D eigenvalue weighted by Crippen LogP contribution is -2.52. The normalized spacial score (nSPS) is 19.6. The summed E-state index contributed by atoms with van der Waals surface area (Å²) in [4.78, 5) is 30.1. The smallest absolute Gasteiger partial charge is 0.227 e. The van der Waals surface area contributed by atoms with Gasteiger partial charge in [-0.1, -0.05) is 47.6 Å². The summed E-state index contributed by atoms with van der Waals surface area (Å²) in [5.74, 6) is 2.03. The molecule has 1 saturated carbocycles. The number of nitrogens with two attached hydrogens (primary N) is 1. The summed E-state index contributed by atoms with van der Waals surface area (Å²) in [5.41, 5.74) is 8.41. The Balaban J connectivity index is 1.15. The molecule has 1 atom stereocenters. The molecule has 8 nitrogen and oxygen atoms in total. The number of fused-ring (bicyclic) bond motifs is 1. The number of aromatic nitrogens is 3. The molecule has 2 aromatic heterocycles. The average molecular weight is 560 g/mol. The van der Waals surface area contributed by atoms with Crippen LogP contribution in [0, 0.1) is 5.92 Å². The number of oxazole rings is 1. The lowest BCUT2D eigenvalue weighted by atomic mass is 9.83. The number of halogens is 1. The Bertz CT molecular complexity index is 1550. The number of hydrogen-bond donors (Lipinski definition) is 1. The van der Waals surface area contributed by atoms with Gasteiger partial charge in [0.05, 0.1) is 29.0 Å². The summed E-state index contributed by atoms with van der Waals surface area (Å²) in [6.45, 7) is 1.36. The van der Waals surface area contributed by atoms with Gasteiger partial charge in [-0.3, -0.25) is 4.79 Å². The lowest BCUT2D eigenvalue weighted by Gasteiger charge is -2.41. The first-order valence-corrected chi connectivity index (χ1v) is 14.3. The zero-order valence-corrected chi connectivity index (χ0v) is 22.6. The van der Waals surface area contributed by atoms with Crippen LogP contribution in [0.25, 0.3) is 11.5 Å². The summed E-state index contributed by atoms with van der Waals surface area (Å²) in [6, 6.07) is 13.5. The minimum atomic E-state index is -0.436. The fourth-order valence-corrected chi connectivity index (χ4v) is 6.62. The Morgan fingerprint density at radius 1 is 1.10 bits per heavy atom. The molecule has 2 fully saturated rings. The number of piperidine rings is 1. The summed E-state index contributed by atoms with van der Waals surface area (Å²) >= 11 is 8.08. The molecule has 4 aromatic rings. The maximum absolute atomic E-state index is 13.4. The van der Waals surface area contributed by atoms with Gasteiger partial charge >= 0.3 is 0 Å². The molecular formula is C29H26ClN5O3S. The van der Waals surface area contributed by atoms with Crippen molar-refractivity contribution in [3.8, 4) is 17.2 Å². The van der Waals surface area contributed by atoms with Gasteiger partial charge in [0.25, 0.3) is 0 Å². The third-order valence-corrected chi connectivity index (χ3v) is 9.28. The Morgan fingerprint density at radius 2 is 1.92 bits per heavy atom. The molecule has 7 rings (SSSR count). The predicted molar refractivity (Wildman–Crippen MR) is 148 cm³/mol. The summed E-state index contributed by atoms with van der Waals surface area (Å²) in [6.07, 6.45) is 8.08. The molecule has 0 amide bonds. The van der Waals surface area contributed by atoms with Gasteiger partial charge in [0.2, 0.25) is 5.89 Å². The van der Waals surface area contributed by atoms with Crippen molar-refractivity contribution in [1.82, 2.24) is 15.0 Å². The quantitative estimate of drug-likeness (QED) is 0.286. The van der Waals surface area contributed by atoms with Crippen LogP contribution in [0.1, 0.15) is 47.8 Å². The fourth-order valence-electron chi connectivity index (χ4n) is 5.48. The van der Waals surface area contributed by atoms with Gasteiger partial charge in [0, 0.05) is 42.3 Å². The van der Waals surface area contributed by atoms with Crippen LogP contribution in [-0.4, -0.2) is 39.4 Å². The van der Waals surface area contributed by atoms with E-state index in [0.29, 0.717) is 46.1 Å². The van der Waals surface area contributed by atoms with Crippen molar-refractivity contribution in [2.24, 2.45) is 11.7 Å². The maximum atomic E-state index is 13.4. The van der Waals surface area contributed by atoms with Gasteiger partial charge in [-0.25, -0.2) is 15.0 Å². The second-order valence-corrected chi connectivity index (χ2v) is 11.7. The molecule has 0 unspecified atom stereocenters. The number of nitrogens with zero attached hydrogens (tertiary/aromatic N) is 4. The molecule has 2 N–H and O–H groups in total. The molecule has 10 heteroatoms. The highest BCUT2D eigenvalue weighted by atomic mass is 35.5.